The molecular formula is C20H24N2O4S. The average Bonchev–Trinajstić information content (AvgIpc) is 3.02. The van der Waals surface area contributed by atoms with Crippen LogP contribution in [0, 0.1) is 0 Å². The second kappa shape index (κ2) is 8.54. The van der Waals surface area contributed by atoms with Gasteiger partial charge in [0.25, 0.3) is 5.91 Å². The first-order valence-corrected chi connectivity index (χ1v) is 10.8. The Balaban J connectivity index is 1.66. The second-order valence-corrected chi connectivity index (χ2v) is 8.73. The van der Waals surface area contributed by atoms with Crippen LogP contribution in [0.1, 0.15) is 30.7 Å². The van der Waals surface area contributed by atoms with Crippen molar-refractivity contribution in [1.29, 1.82) is 0 Å². The Kier molecular flexibility index (Phi) is 6.13. The molecule has 1 fully saturated rings. The molecule has 0 saturated carbocycles. The third-order valence-corrected chi connectivity index (χ3v) is 6.35. The summed E-state index contributed by atoms with van der Waals surface area (Å²) < 4.78 is 29.8. The van der Waals surface area contributed by atoms with Gasteiger partial charge in [0.2, 0.25) is 0 Å². The summed E-state index contributed by atoms with van der Waals surface area (Å²) in [6.45, 7) is 2.46. The summed E-state index contributed by atoms with van der Waals surface area (Å²) in [5.74, 6) is 0.574. The highest BCUT2D eigenvalue weighted by Gasteiger charge is 2.32. The molecule has 144 valence electrons. The summed E-state index contributed by atoms with van der Waals surface area (Å²) in [5, 5.41) is 5.17. The summed E-state index contributed by atoms with van der Waals surface area (Å²) in [4.78, 5) is 12.6. The van der Waals surface area contributed by atoms with Crippen LogP contribution in [0.2, 0.25) is 0 Å². The van der Waals surface area contributed by atoms with Gasteiger partial charge in [-0.05, 0) is 36.2 Å². The molecule has 1 heterocycles. The third kappa shape index (κ3) is 4.87. The van der Waals surface area contributed by atoms with Gasteiger partial charge in [-0.25, -0.2) is 8.42 Å². The fraction of sp³-hybridized carbons (Fsp3) is 0.350. The highest BCUT2D eigenvalue weighted by molar-refractivity contribution is 7.91. The number of amides is 1. The number of para-hydroxylation sites is 1. The van der Waals surface area contributed by atoms with E-state index < -0.39 is 21.3 Å². The van der Waals surface area contributed by atoms with Crippen LogP contribution in [0.15, 0.2) is 54.6 Å². The van der Waals surface area contributed by atoms with Crippen molar-refractivity contribution >= 4 is 21.4 Å². The maximum atomic E-state index is 12.6. The molecule has 3 rings (SSSR count). The minimum Gasteiger partial charge on any atom is -0.481 e. The van der Waals surface area contributed by atoms with Crippen LogP contribution in [0.5, 0.6) is 5.75 Å². The number of nitrogens with one attached hydrogen (secondary N) is 2. The van der Waals surface area contributed by atoms with Gasteiger partial charge < -0.3 is 10.1 Å². The summed E-state index contributed by atoms with van der Waals surface area (Å²) in [6, 6.07) is 16.1. The number of sulfone groups is 1. The van der Waals surface area contributed by atoms with Crippen molar-refractivity contribution in [2.24, 2.45) is 0 Å². The van der Waals surface area contributed by atoms with Crippen molar-refractivity contribution in [2.75, 3.05) is 17.6 Å². The van der Waals surface area contributed by atoms with Crippen LogP contribution in [0.4, 0.5) is 5.69 Å². The Bertz CT molecular complexity index is 867. The summed E-state index contributed by atoms with van der Waals surface area (Å²) >= 11 is 0. The van der Waals surface area contributed by atoms with Crippen LogP contribution < -0.4 is 15.4 Å². The molecule has 2 aromatic carbocycles. The molecule has 2 unspecified atom stereocenters. The van der Waals surface area contributed by atoms with Crippen molar-refractivity contribution in [1.82, 2.24) is 5.32 Å². The number of hydrogen-bond acceptors (Lipinski definition) is 5. The van der Waals surface area contributed by atoms with Crippen LogP contribution in [-0.2, 0) is 14.6 Å². The first-order chi connectivity index (χ1) is 13.0. The van der Waals surface area contributed by atoms with Gasteiger partial charge in [0.15, 0.2) is 15.9 Å². The number of hydrogen-bond donors (Lipinski definition) is 2. The largest absolute Gasteiger partial charge is 0.481 e. The predicted octanol–water partition coefficient (Wildman–Crippen LogP) is 2.89. The van der Waals surface area contributed by atoms with E-state index in [4.69, 9.17) is 4.74 Å². The lowest BCUT2D eigenvalue weighted by atomic mass is 10.1. The SMILES string of the molecule is CCCC(Oc1ccccc1)C(=O)Nc1ccc(C2NCCS2(=O)=O)cc1. The summed E-state index contributed by atoms with van der Waals surface area (Å²) in [5.41, 5.74) is 1.29. The molecule has 2 N–H and O–H groups in total. The molecule has 6 nitrogen and oxygen atoms in total. The fourth-order valence-corrected chi connectivity index (χ4v) is 4.62. The Labute approximate surface area is 159 Å². The van der Waals surface area contributed by atoms with Crippen LogP contribution in [-0.4, -0.2) is 32.7 Å². The monoisotopic (exact) mass is 388 g/mol. The van der Waals surface area contributed by atoms with Gasteiger partial charge in [0, 0.05) is 12.2 Å². The number of benzene rings is 2. The van der Waals surface area contributed by atoms with Crippen molar-refractivity contribution in [3.8, 4) is 5.75 Å². The van der Waals surface area contributed by atoms with Crippen LogP contribution in [0.25, 0.3) is 0 Å². The van der Waals surface area contributed by atoms with Crippen molar-refractivity contribution in [2.45, 2.75) is 31.2 Å². The van der Waals surface area contributed by atoms with Crippen LogP contribution in [0.3, 0.4) is 0 Å². The van der Waals surface area contributed by atoms with Gasteiger partial charge in [0.1, 0.15) is 11.1 Å². The Morgan fingerprint density at radius 2 is 1.89 bits per heavy atom. The molecule has 27 heavy (non-hydrogen) atoms. The summed E-state index contributed by atoms with van der Waals surface area (Å²) in [6.07, 6.45) is 0.826. The molecule has 1 amide bonds. The minimum atomic E-state index is -3.15. The molecule has 1 aliphatic heterocycles. The zero-order valence-corrected chi connectivity index (χ0v) is 16.0. The maximum absolute atomic E-state index is 12.6. The molecule has 0 aromatic heterocycles. The zero-order valence-electron chi connectivity index (χ0n) is 15.2. The summed E-state index contributed by atoms with van der Waals surface area (Å²) in [7, 11) is -3.15. The van der Waals surface area contributed by atoms with Gasteiger partial charge in [-0.1, -0.05) is 43.7 Å². The quantitative estimate of drug-likeness (QED) is 0.762. The van der Waals surface area contributed by atoms with E-state index in [1.54, 1.807) is 24.3 Å². The molecule has 1 saturated heterocycles. The molecule has 0 radical (unpaired) electrons. The molecule has 2 aromatic rings. The molecule has 7 heteroatoms. The average molecular weight is 388 g/mol. The lowest BCUT2D eigenvalue weighted by Gasteiger charge is -2.18. The number of anilines is 1. The highest BCUT2D eigenvalue weighted by Crippen LogP contribution is 2.25. The smallest absolute Gasteiger partial charge is 0.265 e. The molecule has 2 atom stereocenters. The molecular weight excluding hydrogens is 364 g/mol. The highest BCUT2D eigenvalue weighted by atomic mass is 32.2. The van der Waals surface area contributed by atoms with Gasteiger partial charge in [-0.3, -0.25) is 10.1 Å². The van der Waals surface area contributed by atoms with E-state index >= 15 is 0 Å². The van der Waals surface area contributed by atoms with E-state index in [-0.39, 0.29) is 11.7 Å². The van der Waals surface area contributed by atoms with Gasteiger partial charge >= 0.3 is 0 Å². The number of rotatable bonds is 7. The van der Waals surface area contributed by atoms with Gasteiger partial charge in [-0.15, -0.1) is 0 Å². The normalized spacial score (nSPS) is 19.4. The van der Waals surface area contributed by atoms with Crippen LogP contribution >= 0.6 is 0 Å². The van der Waals surface area contributed by atoms with E-state index in [1.807, 2.05) is 37.3 Å². The van der Waals surface area contributed by atoms with E-state index in [2.05, 4.69) is 10.6 Å². The minimum absolute atomic E-state index is 0.145. The van der Waals surface area contributed by atoms with E-state index in [0.29, 0.717) is 30.0 Å². The molecule has 0 aliphatic carbocycles. The lowest BCUT2D eigenvalue weighted by Crippen LogP contribution is -2.32. The predicted molar refractivity (Wildman–Crippen MR) is 105 cm³/mol. The zero-order chi connectivity index (χ0) is 19.3. The van der Waals surface area contributed by atoms with E-state index in [9.17, 15) is 13.2 Å². The Morgan fingerprint density at radius 1 is 1.19 bits per heavy atom. The van der Waals surface area contributed by atoms with E-state index in [1.165, 1.54) is 0 Å². The first-order valence-electron chi connectivity index (χ1n) is 9.07. The molecule has 0 spiro atoms. The number of carbonyl (C=O) groups excluding carboxylic acids is 1. The fourth-order valence-electron chi connectivity index (χ4n) is 3.04. The number of ether oxygens (including phenoxy) is 1. The molecule has 0 bridgehead atoms. The van der Waals surface area contributed by atoms with Gasteiger partial charge in [0.05, 0.1) is 5.75 Å². The van der Waals surface area contributed by atoms with Gasteiger partial charge in [-0.2, -0.15) is 0 Å². The number of carbonyl (C=O) groups is 1. The van der Waals surface area contributed by atoms with Crippen molar-refractivity contribution in [3.05, 3.63) is 60.2 Å². The van der Waals surface area contributed by atoms with Crippen molar-refractivity contribution < 1.29 is 17.9 Å². The van der Waals surface area contributed by atoms with Crippen molar-refractivity contribution in [3.63, 3.8) is 0 Å². The third-order valence-electron chi connectivity index (χ3n) is 4.42. The van der Waals surface area contributed by atoms with E-state index in [0.717, 1.165) is 6.42 Å². The molecule has 1 aliphatic rings. The topological polar surface area (TPSA) is 84.5 Å². The maximum Gasteiger partial charge on any atom is 0.265 e. The second-order valence-electron chi connectivity index (χ2n) is 6.52. The first kappa shape index (κ1) is 19.4. The lowest BCUT2D eigenvalue weighted by molar-refractivity contribution is -0.123. The Morgan fingerprint density at radius 3 is 2.48 bits per heavy atom. The Hall–Kier alpha value is -2.38. The standard InChI is InChI=1S/C20H24N2O4S/c1-2-6-18(26-17-7-4-3-5-8-17)19(23)22-16-11-9-15(10-12-16)20-21-13-14-27(20,24)25/h3-5,7-12,18,20-21H,2,6,13-14H2,1H3,(H,22,23).